The third kappa shape index (κ3) is 3.07. The van der Waals surface area contributed by atoms with E-state index in [1.54, 1.807) is 4.90 Å². The van der Waals surface area contributed by atoms with Gasteiger partial charge in [0.1, 0.15) is 5.71 Å². The van der Waals surface area contributed by atoms with Crippen LogP contribution in [0, 0.1) is 0 Å². The summed E-state index contributed by atoms with van der Waals surface area (Å²) < 4.78 is 0. The van der Waals surface area contributed by atoms with Crippen molar-refractivity contribution in [2.45, 2.75) is 38.1 Å². The van der Waals surface area contributed by atoms with Crippen LogP contribution in [0.15, 0.2) is 5.10 Å². The molecule has 2 N–H and O–H groups in total. The molecule has 2 amide bonds. The molecule has 1 fully saturated rings. The minimum atomic E-state index is -0.118. The smallest absolute Gasteiger partial charge is 0.270 e. The molecular weight excluding hydrogens is 232 g/mol. The molecule has 0 aromatic carbocycles. The van der Waals surface area contributed by atoms with Crippen molar-refractivity contribution in [3.63, 3.8) is 0 Å². The molecule has 0 aliphatic carbocycles. The van der Waals surface area contributed by atoms with Gasteiger partial charge < -0.3 is 10.2 Å². The largest absolute Gasteiger partial charge is 0.338 e. The zero-order chi connectivity index (χ0) is 13.0. The third-order valence-corrected chi connectivity index (χ3v) is 3.56. The van der Waals surface area contributed by atoms with E-state index in [0.29, 0.717) is 18.6 Å². The van der Waals surface area contributed by atoms with Crippen LogP contribution in [0.25, 0.3) is 0 Å². The van der Waals surface area contributed by atoms with E-state index in [0.717, 1.165) is 32.4 Å². The van der Waals surface area contributed by atoms with Gasteiger partial charge in [-0.2, -0.15) is 5.10 Å². The molecule has 0 aromatic rings. The van der Waals surface area contributed by atoms with Crippen LogP contribution < -0.4 is 10.7 Å². The Morgan fingerprint density at radius 1 is 1.33 bits per heavy atom. The number of nitrogens with one attached hydrogen (secondary N) is 2. The minimum absolute atomic E-state index is 0.0538. The van der Waals surface area contributed by atoms with Crippen molar-refractivity contribution in [1.29, 1.82) is 0 Å². The van der Waals surface area contributed by atoms with Gasteiger partial charge in [-0.05, 0) is 32.4 Å². The highest BCUT2D eigenvalue weighted by molar-refractivity contribution is 6.39. The number of carbonyl (C=O) groups excluding carboxylic acids is 2. The standard InChI is InChI=1S/C12H20N4O2/c1-16(9-3-2-7-13-8-6-9)12(18)10-4-5-11(17)15-14-10/h9,13H,2-8H2,1H3,(H,15,17). The van der Waals surface area contributed by atoms with Crippen molar-refractivity contribution in [3.8, 4) is 0 Å². The maximum Gasteiger partial charge on any atom is 0.270 e. The molecule has 18 heavy (non-hydrogen) atoms. The Balaban J connectivity index is 1.97. The zero-order valence-electron chi connectivity index (χ0n) is 10.7. The predicted octanol–water partition coefficient (Wildman–Crippen LogP) is -0.147. The first-order valence-electron chi connectivity index (χ1n) is 6.52. The van der Waals surface area contributed by atoms with Crippen molar-refractivity contribution in [1.82, 2.24) is 15.6 Å². The van der Waals surface area contributed by atoms with Gasteiger partial charge in [-0.25, -0.2) is 5.43 Å². The van der Waals surface area contributed by atoms with E-state index < -0.39 is 0 Å². The highest BCUT2D eigenvalue weighted by Crippen LogP contribution is 2.13. The summed E-state index contributed by atoms with van der Waals surface area (Å²) in [5, 5.41) is 7.19. The lowest BCUT2D eigenvalue weighted by atomic mass is 10.1. The van der Waals surface area contributed by atoms with Crippen LogP contribution in [-0.4, -0.2) is 48.6 Å². The molecule has 1 saturated heterocycles. The summed E-state index contributed by atoms with van der Waals surface area (Å²) in [5.41, 5.74) is 2.84. The van der Waals surface area contributed by atoms with E-state index in [1.165, 1.54) is 0 Å². The summed E-state index contributed by atoms with van der Waals surface area (Å²) in [6.45, 7) is 1.97. The van der Waals surface area contributed by atoms with E-state index >= 15 is 0 Å². The predicted molar refractivity (Wildman–Crippen MR) is 68.1 cm³/mol. The van der Waals surface area contributed by atoms with Crippen LogP contribution in [0.3, 0.4) is 0 Å². The fourth-order valence-electron chi connectivity index (χ4n) is 2.39. The average Bonchev–Trinajstić information content (AvgIpc) is 2.67. The lowest BCUT2D eigenvalue weighted by Gasteiger charge is -2.28. The highest BCUT2D eigenvalue weighted by Gasteiger charge is 2.26. The highest BCUT2D eigenvalue weighted by atomic mass is 16.2. The van der Waals surface area contributed by atoms with Crippen LogP contribution in [-0.2, 0) is 9.59 Å². The molecule has 100 valence electrons. The van der Waals surface area contributed by atoms with Crippen LogP contribution in [0.1, 0.15) is 32.1 Å². The van der Waals surface area contributed by atoms with Gasteiger partial charge in [0.15, 0.2) is 0 Å². The summed E-state index contributed by atoms with van der Waals surface area (Å²) in [4.78, 5) is 25.0. The number of carbonyl (C=O) groups is 2. The molecule has 1 unspecified atom stereocenters. The van der Waals surface area contributed by atoms with Gasteiger partial charge in [0.05, 0.1) is 0 Å². The molecule has 2 aliphatic heterocycles. The summed E-state index contributed by atoms with van der Waals surface area (Å²) >= 11 is 0. The maximum atomic E-state index is 12.2. The summed E-state index contributed by atoms with van der Waals surface area (Å²) in [6, 6.07) is 0.271. The number of nitrogens with zero attached hydrogens (tertiary/aromatic N) is 2. The normalized spacial score (nSPS) is 24.8. The molecule has 2 aliphatic rings. The number of rotatable bonds is 2. The van der Waals surface area contributed by atoms with Crippen LogP contribution in [0.5, 0.6) is 0 Å². The Morgan fingerprint density at radius 3 is 2.89 bits per heavy atom. The minimum Gasteiger partial charge on any atom is -0.338 e. The van der Waals surface area contributed by atoms with Crippen LogP contribution in [0.4, 0.5) is 0 Å². The first kappa shape index (κ1) is 13.0. The molecule has 2 heterocycles. The van der Waals surface area contributed by atoms with Crippen molar-refractivity contribution >= 4 is 17.5 Å². The van der Waals surface area contributed by atoms with E-state index in [1.807, 2.05) is 7.05 Å². The van der Waals surface area contributed by atoms with Crippen molar-refractivity contribution < 1.29 is 9.59 Å². The lowest BCUT2D eigenvalue weighted by molar-refractivity contribution is -0.125. The van der Waals surface area contributed by atoms with E-state index in [9.17, 15) is 9.59 Å². The van der Waals surface area contributed by atoms with Crippen LogP contribution in [0.2, 0.25) is 0 Å². The molecule has 6 nitrogen and oxygen atoms in total. The molecule has 0 spiro atoms. The van der Waals surface area contributed by atoms with E-state index in [4.69, 9.17) is 0 Å². The lowest BCUT2D eigenvalue weighted by Crippen LogP contribution is -2.43. The number of hydrazone groups is 1. The Bertz CT molecular complexity index is 359. The van der Waals surface area contributed by atoms with Gasteiger partial charge in [-0.15, -0.1) is 0 Å². The molecule has 0 saturated carbocycles. The first-order valence-corrected chi connectivity index (χ1v) is 6.52. The molecule has 0 bridgehead atoms. The van der Waals surface area contributed by atoms with E-state index in [2.05, 4.69) is 15.8 Å². The monoisotopic (exact) mass is 252 g/mol. The van der Waals surface area contributed by atoms with Crippen molar-refractivity contribution in [3.05, 3.63) is 0 Å². The summed E-state index contributed by atoms with van der Waals surface area (Å²) in [7, 11) is 1.83. The van der Waals surface area contributed by atoms with Crippen molar-refractivity contribution in [2.24, 2.45) is 5.10 Å². The molecule has 0 aromatic heterocycles. The van der Waals surface area contributed by atoms with E-state index in [-0.39, 0.29) is 17.9 Å². The SMILES string of the molecule is CN(C(=O)C1=NNC(=O)CC1)C1CCCNCC1. The third-order valence-electron chi connectivity index (χ3n) is 3.56. The quantitative estimate of drug-likeness (QED) is 0.718. The van der Waals surface area contributed by atoms with Crippen LogP contribution >= 0.6 is 0 Å². The number of hydrogen-bond acceptors (Lipinski definition) is 4. The molecule has 0 radical (unpaired) electrons. The summed E-state index contributed by atoms with van der Waals surface area (Å²) in [5.74, 6) is -0.172. The second kappa shape index (κ2) is 5.95. The first-order chi connectivity index (χ1) is 8.68. The molecule has 2 rings (SSSR count). The average molecular weight is 252 g/mol. The van der Waals surface area contributed by atoms with Gasteiger partial charge in [0.25, 0.3) is 5.91 Å². The Kier molecular flexibility index (Phi) is 4.30. The van der Waals surface area contributed by atoms with Gasteiger partial charge >= 0.3 is 0 Å². The molecule has 6 heteroatoms. The Hall–Kier alpha value is -1.43. The van der Waals surface area contributed by atoms with Gasteiger partial charge in [-0.3, -0.25) is 9.59 Å². The second-order valence-electron chi connectivity index (χ2n) is 4.84. The summed E-state index contributed by atoms with van der Waals surface area (Å²) in [6.07, 6.45) is 3.88. The molecule has 1 atom stereocenters. The topological polar surface area (TPSA) is 73.8 Å². The Morgan fingerprint density at radius 2 is 2.17 bits per heavy atom. The Labute approximate surface area is 107 Å². The van der Waals surface area contributed by atoms with Crippen molar-refractivity contribution in [2.75, 3.05) is 20.1 Å². The second-order valence-corrected chi connectivity index (χ2v) is 4.84. The molecular formula is C12H20N4O2. The number of amides is 2. The zero-order valence-corrected chi connectivity index (χ0v) is 10.7. The fraction of sp³-hybridized carbons (Fsp3) is 0.750. The maximum absolute atomic E-state index is 12.2. The fourth-order valence-corrected chi connectivity index (χ4v) is 2.39. The van der Waals surface area contributed by atoms with Gasteiger partial charge in [-0.1, -0.05) is 0 Å². The van der Waals surface area contributed by atoms with Gasteiger partial charge in [0, 0.05) is 25.9 Å². The number of hydrogen-bond donors (Lipinski definition) is 2. The van der Waals surface area contributed by atoms with Gasteiger partial charge in [0.2, 0.25) is 5.91 Å².